The Kier molecular flexibility index (Phi) is 4.20. The normalized spacial score (nSPS) is 10.2. The second kappa shape index (κ2) is 6.06. The Hall–Kier alpha value is -2.55. The van der Waals surface area contributed by atoms with Gasteiger partial charge in [-0.2, -0.15) is 5.26 Å². The second-order valence-electron chi connectivity index (χ2n) is 4.39. The van der Waals surface area contributed by atoms with Crippen molar-refractivity contribution >= 4 is 11.6 Å². The smallest absolute Gasteiger partial charge is 0.168 e. The van der Waals surface area contributed by atoms with Gasteiger partial charge in [-0.25, -0.2) is 9.07 Å². The second-order valence-corrected chi connectivity index (χ2v) is 4.39. The van der Waals surface area contributed by atoms with Crippen LogP contribution in [-0.2, 0) is 0 Å². The molecule has 1 aromatic heterocycles. The molecule has 1 aromatic carbocycles. The summed E-state index contributed by atoms with van der Waals surface area (Å²) in [5.74, 6) is 0.260. The number of hydrogen-bond acceptors (Lipinski definition) is 4. The predicted octanol–water partition coefficient (Wildman–Crippen LogP) is 2.68. The van der Waals surface area contributed by atoms with Gasteiger partial charge in [-0.15, -0.1) is 5.10 Å². The van der Waals surface area contributed by atoms with Gasteiger partial charge in [0.1, 0.15) is 23.3 Å². The minimum Gasteiger partial charge on any atom is -0.382 e. The zero-order chi connectivity index (χ0) is 14.5. The highest BCUT2D eigenvalue weighted by molar-refractivity contribution is 5.66. The van der Waals surface area contributed by atoms with E-state index in [9.17, 15) is 9.65 Å². The largest absolute Gasteiger partial charge is 0.382 e. The van der Waals surface area contributed by atoms with Crippen LogP contribution in [0.1, 0.15) is 25.3 Å². The number of aromatic nitrogens is 2. The van der Waals surface area contributed by atoms with E-state index in [1.807, 2.05) is 6.07 Å². The first-order valence-corrected chi connectivity index (χ1v) is 6.45. The maximum atomic E-state index is 13.3. The van der Waals surface area contributed by atoms with E-state index < -0.39 is 0 Å². The van der Waals surface area contributed by atoms with Gasteiger partial charge in [0.2, 0.25) is 0 Å². The molecule has 0 saturated carbocycles. The summed E-state index contributed by atoms with van der Waals surface area (Å²) in [6.45, 7) is 2.79. The summed E-state index contributed by atoms with van der Waals surface area (Å²) >= 11 is 0. The Labute approximate surface area is 116 Å². The topological polar surface area (TPSA) is 79.7 Å². The number of nitrogens with zero attached hydrogens (tertiary/aromatic N) is 3. The summed E-state index contributed by atoms with van der Waals surface area (Å²) in [5, 5.41) is 16.5. The molecular formula is C14H16FN5. The standard InChI is InChI=1S/C14H16FN5/c1-2-3-7-18-14-12(9-16)13(17)20(19-14)11-6-4-5-10(15)8-11/h4-6,8H,2-3,7,17H2,1H3,(H,18,19). The van der Waals surface area contributed by atoms with E-state index >= 15 is 0 Å². The Morgan fingerprint density at radius 1 is 1.50 bits per heavy atom. The lowest BCUT2D eigenvalue weighted by Gasteiger charge is -2.03. The molecule has 0 aliphatic heterocycles. The van der Waals surface area contributed by atoms with Crippen molar-refractivity contribution in [2.24, 2.45) is 0 Å². The van der Waals surface area contributed by atoms with E-state index in [4.69, 9.17) is 5.73 Å². The molecule has 0 aliphatic rings. The summed E-state index contributed by atoms with van der Waals surface area (Å²) in [7, 11) is 0. The van der Waals surface area contributed by atoms with Gasteiger partial charge in [-0.3, -0.25) is 0 Å². The van der Waals surface area contributed by atoms with Crippen LogP contribution in [0.2, 0.25) is 0 Å². The molecule has 0 spiro atoms. The van der Waals surface area contributed by atoms with Gasteiger partial charge in [0.15, 0.2) is 5.82 Å². The maximum Gasteiger partial charge on any atom is 0.168 e. The van der Waals surface area contributed by atoms with Gasteiger partial charge in [-0.05, 0) is 24.6 Å². The molecule has 0 atom stereocenters. The quantitative estimate of drug-likeness (QED) is 0.821. The van der Waals surface area contributed by atoms with Crippen LogP contribution in [0, 0.1) is 17.1 Å². The molecule has 104 valence electrons. The minimum absolute atomic E-state index is 0.206. The van der Waals surface area contributed by atoms with Crippen molar-refractivity contribution in [3.05, 3.63) is 35.6 Å². The molecule has 0 radical (unpaired) electrons. The summed E-state index contributed by atoms with van der Waals surface area (Å²) < 4.78 is 14.6. The molecule has 0 amide bonds. The van der Waals surface area contributed by atoms with Crippen LogP contribution in [0.5, 0.6) is 0 Å². The molecular weight excluding hydrogens is 257 g/mol. The molecule has 1 heterocycles. The number of nitriles is 1. The van der Waals surface area contributed by atoms with E-state index in [1.54, 1.807) is 12.1 Å². The number of anilines is 2. The van der Waals surface area contributed by atoms with Crippen molar-refractivity contribution in [3.63, 3.8) is 0 Å². The highest BCUT2D eigenvalue weighted by Gasteiger charge is 2.16. The van der Waals surface area contributed by atoms with Crippen LogP contribution >= 0.6 is 0 Å². The third-order valence-electron chi connectivity index (χ3n) is 2.91. The Balaban J connectivity index is 2.38. The monoisotopic (exact) mass is 273 g/mol. The maximum absolute atomic E-state index is 13.3. The molecule has 0 unspecified atom stereocenters. The van der Waals surface area contributed by atoms with Gasteiger partial charge in [0.25, 0.3) is 0 Å². The fraction of sp³-hybridized carbons (Fsp3) is 0.286. The molecule has 0 aliphatic carbocycles. The summed E-state index contributed by atoms with van der Waals surface area (Å²) in [6, 6.07) is 7.95. The average molecular weight is 273 g/mol. The lowest BCUT2D eigenvalue weighted by Crippen LogP contribution is -2.04. The SMILES string of the molecule is CCCCNc1nn(-c2cccc(F)c2)c(N)c1C#N. The number of hydrogen-bond donors (Lipinski definition) is 2. The number of nitrogen functional groups attached to an aromatic ring is 1. The number of unbranched alkanes of at least 4 members (excludes halogenated alkanes) is 1. The van der Waals surface area contributed by atoms with Crippen molar-refractivity contribution < 1.29 is 4.39 Å². The highest BCUT2D eigenvalue weighted by Crippen LogP contribution is 2.24. The van der Waals surface area contributed by atoms with Gasteiger partial charge in [0, 0.05) is 6.54 Å². The number of nitrogens with one attached hydrogen (secondary N) is 1. The van der Waals surface area contributed by atoms with Gasteiger partial charge < -0.3 is 11.1 Å². The molecule has 6 heteroatoms. The van der Waals surface area contributed by atoms with Crippen LogP contribution in [0.3, 0.4) is 0 Å². The van der Waals surface area contributed by atoms with Crippen molar-refractivity contribution in [1.82, 2.24) is 9.78 Å². The zero-order valence-corrected chi connectivity index (χ0v) is 11.2. The molecule has 20 heavy (non-hydrogen) atoms. The number of benzene rings is 1. The Morgan fingerprint density at radius 3 is 2.95 bits per heavy atom. The minimum atomic E-state index is -0.378. The predicted molar refractivity (Wildman–Crippen MR) is 76.0 cm³/mol. The van der Waals surface area contributed by atoms with Crippen LogP contribution in [0.15, 0.2) is 24.3 Å². The van der Waals surface area contributed by atoms with Gasteiger partial charge in [-0.1, -0.05) is 19.4 Å². The number of nitrogens with two attached hydrogens (primary N) is 1. The van der Waals surface area contributed by atoms with Crippen LogP contribution in [0.25, 0.3) is 5.69 Å². The highest BCUT2D eigenvalue weighted by atomic mass is 19.1. The van der Waals surface area contributed by atoms with Crippen LogP contribution < -0.4 is 11.1 Å². The van der Waals surface area contributed by atoms with Crippen molar-refractivity contribution in [1.29, 1.82) is 5.26 Å². The van der Waals surface area contributed by atoms with Crippen molar-refractivity contribution in [3.8, 4) is 11.8 Å². The summed E-state index contributed by atoms with van der Waals surface area (Å²) in [6.07, 6.45) is 2.01. The first-order chi connectivity index (χ1) is 9.67. The lowest BCUT2D eigenvalue weighted by molar-refractivity contribution is 0.625. The zero-order valence-electron chi connectivity index (χ0n) is 11.2. The lowest BCUT2D eigenvalue weighted by atomic mass is 10.3. The molecule has 0 bridgehead atoms. The number of halogens is 1. The first kappa shape index (κ1) is 13.9. The Bertz CT molecular complexity index is 641. The summed E-state index contributed by atoms with van der Waals surface area (Å²) in [5.41, 5.74) is 6.69. The van der Waals surface area contributed by atoms with E-state index in [0.29, 0.717) is 18.1 Å². The molecule has 3 N–H and O–H groups in total. The molecule has 0 saturated heterocycles. The van der Waals surface area contributed by atoms with Crippen LogP contribution in [-0.4, -0.2) is 16.3 Å². The Morgan fingerprint density at radius 2 is 2.30 bits per heavy atom. The van der Waals surface area contributed by atoms with Gasteiger partial charge in [0.05, 0.1) is 5.69 Å². The van der Waals surface area contributed by atoms with Crippen LogP contribution in [0.4, 0.5) is 16.0 Å². The third-order valence-corrected chi connectivity index (χ3v) is 2.91. The van der Waals surface area contributed by atoms with E-state index in [1.165, 1.54) is 16.8 Å². The molecule has 5 nitrogen and oxygen atoms in total. The number of rotatable bonds is 5. The van der Waals surface area contributed by atoms with Crippen molar-refractivity contribution in [2.45, 2.75) is 19.8 Å². The third kappa shape index (κ3) is 2.72. The molecule has 2 aromatic rings. The first-order valence-electron chi connectivity index (χ1n) is 6.45. The fourth-order valence-corrected chi connectivity index (χ4v) is 1.85. The van der Waals surface area contributed by atoms with E-state index in [2.05, 4.69) is 17.3 Å². The molecule has 0 fully saturated rings. The van der Waals surface area contributed by atoms with E-state index in [0.717, 1.165) is 12.8 Å². The van der Waals surface area contributed by atoms with E-state index in [-0.39, 0.29) is 17.2 Å². The van der Waals surface area contributed by atoms with Gasteiger partial charge >= 0.3 is 0 Å². The fourth-order valence-electron chi connectivity index (χ4n) is 1.85. The van der Waals surface area contributed by atoms with Crippen molar-refractivity contribution in [2.75, 3.05) is 17.6 Å². The average Bonchev–Trinajstić information content (AvgIpc) is 2.75. The summed E-state index contributed by atoms with van der Waals surface area (Å²) in [4.78, 5) is 0. The molecule has 2 rings (SSSR count).